The standard InChI is InChI=1S/C28H22Cl5F2N3O4/c1-27(2,3)42-26(41)38-23-18(34)6-7-19(22(23)35)37-24(39)16-11-15(4-5-17(16)31)36-25(40)21-20(28(21,32)33)12-8-13(29)10-14(30)9-12/h4-11,20-21H,1-3H3,(H,36,40)(H,37,39)(H,38,41). The predicted octanol–water partition coefficient (Wildman–Crippen LogP) is 9.05. The molecular weight excluding hydrogens is 658 g/mol. The van der Waals surface area contributed by atoms with Crippen LogP contribution in [0.3, 0.4) is 0 Å². The molecule has 3 aromatic carbocycles. The average Bonchev–Trinajstić information content (AvgIpc) is 3.45. The van der Waals surface area contributed by atoms with Gasteiger partial charge in [-0.15, -0.1) is 23.2 Å². The maximum atomic E-state index is 15.1. The Morgan fingerprint density at radius 1 is 0.881 bits per heavy atom. The Kier molecular flexibility index (Phi) is 9.21. The number of ether oxygens (including phenoxy) is 1. The molecular formula is C28H22Cl5F2N3O4. The van der Waals surface area contributed by atoms with Crippen molar-refractivity contribution in [1.82, 2.24) is 0 Å². The number of hydrogen-bond acceptors (Lipinski definition) is 4. The Morgan fingerprint density at radius 3 is 2.14 bits per heavy atom. The largest absolute Gasteiger partial charge is 0.444 e. The van der Waals surface area contributed by atoms with Crippen molar-refractivity contribution < 1.29 is 27.9 Å². The van der Waals surface area contributed by atoms with E-state index in [1.54, 1.807) is 32.9 Å². The van der Waals surface area contributed by atoms with Crippen LogP contribution in [0.4, 0.5) is 30.6 Å². The molecule has 7 nitrogen and oxygen atoms in total. The van der Waals surface area contributed by atoms with Gasteiger partial charge < -0.3 is 15.4 Å². The molecule has 3 aromatic rings. The van der Waals surface area contributed by atoms with Crippen LogP contribution >= 0.6 is 58.0 Å². The third-order valence-electron chi connectivity index (χ3n) is 6.02. The highest BCUT2D eigenvalue weighted by molar-refractivity contribution is 6.53. The van der Waals surface area contributed by atoms with Crippen LogP contribution in [0.15, 0.2) is 48.5 Å². The first kappa shape index (κ1) is 32.1. The molecule has 1 saturated carbocycles. The number of carbonyl (C=O) groups is 3. The van der Waals surface area contributed by atoms with Crippen molar-refractivity contribution in [1.29, 1.82) is 0 Å². The third kappa shape index (κ3) is 7.21. The molecule has 0 aliphatic heterocycles. The second-order valence-corrected chi connectivity index (χ2v) is 13.1. The fourth-order valence-electron chi connectivity index (χ4n) is 4.18. The van der Waals surface area contributed by atoms with E-state index >= 15 is 4.39 Å². The Balaban J connectivity index is 1.50. The summed E-state index contributed by atoms with van der Waals surface area (Å²) in [5.41, 5.74) is -1.58. The molecule has 1 fully saturated rings. The van der Waals surface area contributed by atoms with Crippen LogP contribution in [0, 0.1) is 17.6 Å². The van der Waals surface area contributed by atoms with E-state index in [0.717, 1.165) is 12.1 Å². The van der Waals surface area contributed by atoms with Gasteiger partial charge in [-0.2, -0.15) is 0 Å². The summed E-state index contributed by atoms with van der Waals surface area (Å²) in [6.07, 6.45) is -1.09. The van der Waals surface area contributed by atoms with Gasteiger partial charge in [0, 0.05) is 21.7 Å². The minimum absolute atomic E-state index is 0.0259. The number of nitrogens with one attached hydrogen (secondary N) is 3. The molecule has 4 rings (SSSR count). The van der Waals surface area contributed by atoms with Crippen molar-refractivity contribution in [3.05, 3.63) is 86.4 Å². The molecule has 2 unspecified atom stereocenters. The molecule has 0 saturated heterocycles. The predicted molar refractivity (Wildman–Crippen MR) is 161 cm³/mol. The first-order chi connectivity index (χ1) is 19.5. The smallest absolute Gasteiger partial charge is 0.412 e. The van der Waals surface area contributed by atoms with E-state index in [0.29, 0.717) is 15.6 Å². The Hall–Kier alpha value is -2.82. The van der Waals surface area contributed by atoms with Crippen LogP contribution in [-0.2, 0) is 9.53 Å². The van der Waals surface area contributed by atoms with E-state index < -0.39 is 62.7 Å². The molecule has 42 heavy (non-hydrogen) atoms. The number of alkyl halides is 2. The van der Waals surface area contributed by atoms with Gasteiger partial charge in [0.05, 0.1) is 22.2 Å². The van der Waals surface area contributed by atoms with Crippen molar-refractivity contribution in [3.63, 3.8) is 0 Å². The summed E-state index contributed by atoms with van der Waals surface area (Å²) in [5, 5.41) is 7.62. The zero-order valence-electron chi connectivity index (χ0n) is 22.1. The lowest BCUT2D eigenvalue weighted by Crippen LogP contribution is -2.28. The second kappa shape index (κ2) is 12.1. The number of benzene rings is 3. The van der Waals surface area contributed by atoms with Crippen LogP contribution in [0.5, 0.6) is 0 Å². The Morgan fingerprint density at radius 2 is 1.52 bits per heavy atom. The maximum absolute atomic E-state index is 15.1. The molecule has 14 heteroatoms. The quantitative estimate of drug-likeness (QED) is 0.227. The molecule has 1 aliphatic rings. The number of halogens is 7. The monoisotopic (exact) mass is 677 g/mol. The van der Waals surface area contributed by atoms with Gasteiger partial charge in [0.25, 0.3) is 5.91 Å². The average molecular weight is 680 g/mol. The zero-order chi connectivity index (χ0) is 31.1. The van der Waals surface area contributed by atoms with E-state index in [1.807, 2.05) is 5.32 Å². The summed E-state index contributed by atoms with van der Waals surface area (Å²) in [7, 11) is 0. The third-order valence-corrected chi connectivity index (χ3v) is 7.73. The highest BCUT2D eigenvalue weighted by atomic mass is 35.5. The van der Waals surface area contributed by atoms with Gasteiger partial charge in [-0.05, 0) is 74.9 Å². The first-order valence-electron chi connectivity index (χ1n) is 12.2. The van der Waals surface area contributed by atoms with Crippen LogP contribution in [0.1, 0.15) is 42.6 Å². The van der Waals surface area contributed by atoms with E-state index in [9.17, 15) is 18.8 Å². The summed E-state index contributed by atoms with van der Waals surface area (Å²) in [6, 6.07) is 10.6. The molecule has 0 aromatic heterocycles. The Bertz CT molecular complexity index is 1580. The first-order valence-corrected chi connectivity index (χ1v) is 14.1. The van der Waals surface area contributed by atoms with Crippen molar-refractivity contribution in [2.75, 3.05) is 16.0 Å². The van der Waals surface area contributed by atoms with Crippen LogP contribution in [0.2, 0.25) is 15.1 Å². The van der Waals surface area contributed by atoms with Gasteiger partial charge >= 0.3 is 6.09 Å². The van der Waals surface area contributed by atoms with Crippen LogP contribution in [-0.4, -0.2) is 27.8 Å². The van der Waals surface area contributed by atoms with E-state index in [4.69, 9.17) is 62.7 Å². The fraction of sp³-hybridized carbons (Fsp3) is 0.250. The molecule has 0 bridgehead atoms. The molecule has 3 amide bonds. The lowest BCUT2D eigenvalue weighted by Gasteiger charge is -2.20. The van der Waals surface area contributed by atoms with Gasteiger partial charge in [0.15, 0.2) is 5.82 Å². The zero-order valence-corrected chi connectivity index (χ0v) is 25.8. The summed E-state index contributed by atoms with van der Waals surface area (Å²) in [6.45, 7) is 4.74. The molecule has 0 spiro atoms. The lowest BCUT2D eigenvalue weighted by molar-refractivity contribution is -0.117. The fourth-order valence-corrected chi connectivity index (χ4v) is 5.75. The summed E-state index contributed by atoms with van der Waals surface area (Å²) >= 11 is 31.2. The summed E-state index contributed by atoms with van der Waals surface area (Å²) in [4.78, 5) is 38.2. The Labute approximate surface area is 264 Å². The molecule has 1 aliphatic carbocycles. The topological polar surface area (TPSA) is 96.5 Å². The van der Waals surface area contributed by atoms with Gasteiger partial charge in [-0.25, -0.2) is 13.6 Å². The number of carbonyl (C=O) groups excluding carboxylic acids is 3. The second-order valence-electron chi connectivity index (χ2n) is 10.4. The van der Waals surface area contributed by atoms with Gasteiger partial charge in [-0.3, -0.25) is 14.9 Å². The molecule has 2 atom stereocenters. The number of rotatable bonds is 6. The molecule has 0 radical (unpaired) electrons. The number of anilines is 3. The summed E-state index contributed by atoms with van der Waals surface area (Å²) in [5.74, 6) is -5.24. The molecule has 3 N–H and O–H groups in total. The maximum Gasteiger partial charge on any atom is 0.412 e. The normalized spacial score (nSPS) is 17.3. The van der Waals surface area contributed by atoms with Gasteiger partial charge in [-0.1, -0.05) is 34.8 Å². The van der Waals surface area contributed by atoms with E-state index in [-0.39, 0.29) is 16.3 Å². The minimum atomic E-state index is -1.43. The van der Waals surface area contributed by atoms with Gasteiger partial charge in [0.1, 0.15) is 21.4 Å². The molecule has 0 heterocycles. The highest BCUT2D eigenvalue weighted by Crippen LogP contribution is 2.65. The van der Waals surface area contributed by atoms with Crippen molar-refractivity contribution in [2.24, 2.45) is 5.92 Å². The minimum Gasteiger partial charge on any atom is -0.444 e. The summed E-state index contributed by atoms with van der Waals surface area (Å²) < 4.78 is 33.0. The van der Waals surface area contributed by atoms with Crippen LogP contribution in [0.25, 0.3) is 0 Å². The van der Waals surface area contributed by atoms with E-state index in [2.05, 4.69) is 10.6 Å². The lowest BCUT2D eigenvalue weighted by atomic mass is 10.1. The van der Waals surface area contributed by atoms with Crippen molar-refractivity contribution >= 4 is 93.0 Å². The van der Waals surface area contributed by atoms with Crippen molar-refractivity contribution in [2.45, 2.75) is 36.6 Å². The van der Waals surface area contributed by atoms with Crippen LogP contribution < -0.4 is 16.0 Å². The number of amides is 3. The highest BCUT2D eigenvalue weighted by Gasteiger charge is 2.67. The van der Waals surface area contributed by atoms with Crippen molar-refractivity contribution in [3.8, 4) is 0 Å². The molecule has 222 valence electrons. The SMILES string of the molecule is CC(C)(C)OC(=O)Nc1c(F)ccc(NC(=O)c2cc(NC(=O)C3C(c4cc(Cl)cc(Cl)c4)C3(Cl)Cl)ccc2Cl)c1F. The van der Waals surface area contributed by atoms with Gasteiger partial charge in [0.2, 0.25) is 5.91 Å². The number of hydrogen-bond donors (Lipinski definition) is 3. The van der Waals surface area contributed by atoms with E-state index in [1.165, 1.54) is 24.3 Å².